The molecule has 0 heterocycles. The molecule has 1 N–H and O–H groups in total. The first-order valence-corrected chi connectivity index (χ1v) is 9.71. The summed E-state index contributed by atoms with van der Waals surface area (Å²) in [6, 6.07) is 15.0. The Morgan fingerprint density at radius 3 is 2.22 bits per heavy atom. The van der Waals surface area contributed by atoms with Crippen LogP contribution in [-0.2, 0) is 6.54 Å². The summed E-state index contributed by atoms with van der Waals surface area (Å²) in [4.78, 5) is 23.5. The lowest BCUT2D eigenvalue weighted by Crippen LogP contribution is -2.24. The summed E-state index contributed by atoms with van der Waals surface area (Å²) in [7, 11) is 1.37. The van der Waals surface area contributed by atoms with E-state index >= 15 is 0 Å². The van der Waals surface area contributed by atoms with Crippen LogP contribution in [0.3, 0.4) is 0 Å². The van der Waals surface area contributed by atoms with Crippen LogP contribution in [-0.4, -0.2) is 24.5 Å². The molecular formula is C23H21FN2O6. The van der Waals surface area contributed by atoms with E-state index in [9.17, 15) is 19.3 Å². The Bertz CT molecular complexity index is 1100. The maximum absolute atomic E-state index is 13.0. The van der Waals surface area contributed by atoms with E-state index in [0.29, 0.717) is 18.1 Å². The number of hydrogen-bond donors (Lipinski definition) is 1. The molecule has 0 unspecified atom stereocenters. The third-order valence-corrected chi connectivity index (χ3v) is 4.45. The van der Waals surface area contributed by atoms with E-state index < -0.39 is 10.8 Å². The van der Waals surface area contributed by atoms with Crippen LogP contribution in [0.5, 0.6) is 23.0 Å². The van der Waals surface area contributed by atoms with Crippen molar-refractivity contribution in [1.29, 1.82) is 0 Å². The fourth-order valence-electron chi connectivity index (χ4n) is 2.90. The summed E-state index contributed by atoms with van der Waals surface area (Å²) < 4.78 is 29.1. The SMILES string of the molecule is CCOc1cc(C(=O)NCc2ccc(Oc3ccc(F)cc3)cc2)c([N+](=O)[O-])cc1OC. The van der Waals surface area contributed by atoms with Crippen LogP contribution in [0.25, 0.3) is 0 Å². The molecule has 1 amide bonds. The third-order valence-electron chi connectivity index (χ3n) is 4.45. The quantitative estimate of drug-likeness (QED) is 0.377. The van der Waals surface area contributed by atoms with E-state index in [2.05, 4.69) is 5.32 Å². The molecule has 0 aliphatic carbocycles. The first kappa shape index (κ1) is 22.5. The molecule has 0 fully saturated rings. The molecule has 3 aromatic carbocycles. The number of carbonyl (C=O) groups excluding carboxylic acids is 1. The Morgan fingerprint density at radius 2 is 1.66 bits per heavy atom. The molecule has 166 valence electrons. The number of nitrogens with zero attached hydrogens (tertiary/aromatic N) is 1. The van der Waals surface area contributed by atoms with Gasteiger partial charge in [-0.05, 0) is 48.9 Å². The molecular weight excluding hydrogens is 419 g/mol. The Morgan fingerprint density at radius 1 is 1.03 bits per heavy atom. The number of amides is 1. The van der Waals surface area contributed by atoms with Gasteiger partial charge in [0.25, 0.3) is 11.6 Å². The second kappa shape index (κ2) is 10.3. The number of carbonyl (C=O) groups is 1. The minimum atomic E-state index is -0.644. The van der Waals surface area contributed by atoms with Gasteiger partial charge in [0.05, 0.1) is 24.7 Å². The number of nitro benzene ring substituents is 1. The molecule has 0 saturated heterocycles. The molecule has 3 rings (SSSR count). The predicted octanol–water partition coefficient (Wildman–Crippen LogP) is 4.86. The van der Waals surface area contributed by atoms with E-state index in [4.69, 9.17) is 14.2 Å². The summed E-state index contributed by atoms with van der Waals surface area (Å²) in [5, 5.41) is 14.1. The molecule has 8 nitrogen and oxygen atoms in total. The highest BCUT2D eigenvalue weighted by Crippen LogP contribution is 2.34. The molecule has 0 aliphatic rings. The summed E-state index contributed by atoms with van der Waals surface area (Å²) in [5.41, 5.74) is 0.243. The van der Waals surface area contributed by atoms with Crippen molar-refractivity contribution >= 4 is 11.6 Å². The number of rotatable bonds is 9. The summed E-state index contributed by atoms with van der Waals surface area (Å²) in [5.74, 6) is 0.476. The molecule has 0 bridgehead atoms. The molecule has 0 saturated carbocycles. The van der Waals surface area contributed by atoms with Crippen LogP contribution >= 0.6 is 0 Å². The maximum Gasteiger partial charge on any atom is 0.286 e. The smallest absolute Gasteiger partial charge is 0.286 e. The first-order chi connectivity index (χ1) is 15.4. The van der Waals surface area contributed by atoms with Crippen LogP contribution in [0.1, 0.15) is 22.8 Å². The van der Waals surface area contributed by atoms with Gasteiger partial charge in [-0.15, -0.1) is 0 Å². The van der Waals surface area contributed by atoms with E-state index in [1.165, 1.54) is 43.5 Å². The largest absolute Gasteiger partial charge is 0.493 e. The van der Waals surface area contributed by atoms with Gasteiger partial charge < -0.3 is 19.5 Å². The Hall–Kier alpha value is -4.14. The van der Waals surface area contributed by atoms with Crippen molar-refractivity contribution in [3.63, 3.8) is 0 Å². The van der Waals surface area contributed by atoms with Gasteiger partial charge in [0.1, 0.15) is 22.9 Å². The standard InChI is InChI=1S/C23H21FN2O6/c1-3-31-22-12-19(20(26(28)29)13-21(22)30-2)23(27)25-14-15-4-8-17(9-5-15)32-18-10-6-16(24)7-11-18/h4-13H,3,14H2,1-2H3,(H,25,27). The number of methoxy groups -OCH3 is 1. The van der Waals surface area contributed by atoms with Crippen molar-refractivity contribution in [3.05, 3.63) is 87.7 Å². The minimum Gasteiger partial charge on any atom is -0.493 e. The predicted molar refractivity (Wildman–Crippen MR) is 115 cm³/mol. The van der Waals surface area contributed by atoms with Crippen molar-refractivity contribution < 1.29 is 28.3 Å². The molecule has 0 aromatic heterocycles. The van der Waals surface area contributed by atoms with Gasteiger partial charge in [0.15, 0.2) is 11.5 Å². The van der Waals surface area contributed by atoms with Gasteiger partial charge in [0.2, 0.25) is 0 Å². The molecule has 3 aromatic rings. The normalized spacial score (nSPS) is 10.3. The Labute approximate surface area is 183 Å². The third kappa shape index (κ3) is 5.51. The maximum atomic E-state index is 13.0. The average Bonchev–Trinajstić information content (AvgIpc) is 2.79. The van der Waals surface area contributed by atoms with Gasteiger partial charge in [-0.2, -0.15) is 0 Å². The zero-order valence-corrected chi connectivity index (χ0v) is 17.5. The number of benzene rings is 3. The van der Waals surface area contributed by atoms with Crippen molar-refractivity contribution in [2.75, 3.05) is 13.7 Å². The molecule has 9 heteroatoms. The molecule has 32 heavy (non-hydrogen) atoms. The van der Waals surface area contributed by atoms with Crippen LogP contribution in [0, 0.1) is 15.9 Å². The van der Waals surface area contributed by atoms with Crippen molar-refractivity contribution in [1.82, 2.24) is 5.32 Å². The number of ether oxygens (including phenoxy) is 3. The van der Waals surface area contributed by atoms with Gasteiger partial charge in [-0.1, -0.05) is 12.1 Å². The lowest BCUT2D eigenvalue weighted by molar-refractivity contribution is -0.385. The topological polar surface area (TPSA) is 99.9 Å². The molecule has 0 radical (unpaired) electrons. The van der Waals surface area contributed by atoms with Crippen molar-refractivity contribution in [3.8, 4) is 23.0 Å². The summed E-state index contributed by atoms with van der Waals surface area (Å²) >= 11 is 0. The molecule has 0 spiro atoms. The summed E-state index contributed by atoms with van der Waals surface area (Å²) in [6.07, 6.45) is 0. The second-order valence-corrected chi connectivity index (χ2v) is 6.59. The first-order valence-electron chi connectivity index (χ1n) is 9.71. The van der Waals surface area contributed by atoms with E-state index in [0.717, 1.165) is 5.56 Å². The number of halogens is 1. The Balaban J connectivity index is 1.70. The Kier molecular flexibility index (Phi) is 7.22. The molecule has 0 atom stereocenters. The average molecular weight is 440 g/mol. The highest BCUT2D eigenvalue weighted by Gasteiger charge is 2.24. The zero-order valence-electron chi connectivity index (χ0n) is 17.5. The lowest BCUT2D eigenvalue weighted by Gasteiger charge is -2.12. The van der Waals surface area contributed by atoms with Crippen LogP contribution in [0.2, 0.25) is 0 Å². The van der Waals surface area contributed by atoms with Gasteiger partial charge in [-0.3, -0.25) is 14.9 Å². The van der Waals surface area contributed by atoms with Crippen LogP contribution in [0.4, 0.5) is 10.1 Å². The lowest BCUT2D eigenvalue weighted by atomic mass is 10.1. The van der Waals surface area contributed by atoms with Crippen molar-refractivity contribution in [2.45, 2.75) is 13.5 Å². The van der Waals surface area contributed by atoms with Gasteiger partial charge >= 0.3 is 0 Å². The van der Waals surface area contributed by atoms with Crippen LogP contribution < -0.4 is 19.5 Å². The minimum absolute atomic E-state index is 0.129. The summed E-state index contributed by atoms with van der Waals surface area (Å²) in [6.45, 7) is 2.20. The van der Waals surface area contributed by atoms with Gasteiger partial charge in [0, 0.05) is 12.6 Å². The second-order valence-electron chi connectivity index (χ2n) is 6.59. The molecule has 0 aliphatic heterocycles. The fraction of sp³-hybridized carbons (Fsp3) is 0.174. The number of nitrogens with one attached hydrogen (secondary N) is 1. The zero-order chi connectivity index (χ0) is 23.1. The van der Waals surface area contributed by atoms with E-state index in [-0.39, 0.29) is 35.1 Å². The van der Waals surface area contributed by atoms with Gasteiger partial charge in [-0.25, -0.2) is 4.39 Å². The highest BCUT2D eigenvalue weighted by atomic mass is 19.1. The highest BCUT2D eigenvalue weighted by molar-refractivity contribution is 5.99. The number of hydrogen-bond acceptors (Lipinski definition) is 6. The van der Waals surface area contributed by atoms with E-state index in [1.807, 2.05) is 0 Å². The fourth-order valence-corrected chi connectivity index (χ4v) is 2.90. The van der Waals surface area contributed by atoms with Crippen molar-refractivity contribution in [2.24, 2.45) is 0 Å². The monoisotopic (exact) mass is 440 g/mol. The van der Waals surface area contributed by atoms with Crippen LogP contribution in [0.15, 0.2) is 60.7 Å². The number of nitro groups is 1. The van der Waals surface area contributed by atoms with E-state index in [1.54, 1.807) is 31.2 Å².